The highest BCUT2D eigenvalue weighted by atomic mass is 16.5. The average Bonchev–Trinajstić information content (AvgIpc) is 2.64. The number of hydrogen-bond donors (Lipinski definition) is 1. The van der Waals surface area contributed by atoms with E-state index in [9.17, 15) is 4.79 Å². The van der Waals surface area contributed by atoms with Gasteiger partial charge in [-0.15, -0.1) is 0 Å². The van der Waals surface area contributed by atoms with Crippen LogP contribution in [0.5, 0.6) is 0 Å². The Bertz CT molecular complexity index is 410. The van der Waals surface area contributed by atoms with E-state index in [-0.39, 0.29) is 6.10 Å². The van der Waals surface area contributed by atoms with Crippen LogP contribution in [-0.2, 0) is 9.53 Å². The quantitative estimate of drug-likeness (QED) is 0.722. The lowest BCUT2D eigenvalue weighted by Crippen LogP contribution is -2.55. The summed E-state index contributed by atoms with van der Waals surface area (Å²) in [5.41, 5.74) is 1.21. The fourth-order valence-electron chi connectivity index (χ4n) is 5.37. The van der Waals surface area contributed by atoms with Gasteiger partial charge in [0.2, 0.25) is 0 Å². The summed E-state index contributed by atoms with van der Waals surface area (Å²) in [6.07, 6.45) is 12.1. The zero-order chi connectivity index (χ0) is 19.8. The summed E-state index contributed by atoms with van der Waals surface area (Å²) in [7, 11) is 0. The number of likely N-dealkylation sites (tertiary alicyclic amines) is 1. The normalized spacial score (nSPS) is 28.7. The lowest BCUT2D eigenvalue weighted by Gasteiger charge is -2.52. The van der Waals surface area contributed by atoms with Crippen molar-refractivity contribution in [1.29, 1.82) is 0 Å². The van der Waals surface area contributed by atoms with Gasteiger partial charge in [-0.1, -0.05) is 34.1 Å². The first kappa shape index (κ1) is 22.7. The van der Waals surface area contributed by atoms with Crippen molar-refractivity contribution in [1.82, 2.24) is 10.2 Å². The summed E-state index contributed by atoms with van der Waals surface area (Å²) in [4.78, 5) is 13.1. The van der Waals surface area contributed by atoms with Crippen molar-refractivity contribution in [2.75, 3.05) is 32.7 Å². The molecule has 2 aliphatic heterocycles. The van der Waals surface area contributed by atoms with Crippen LogP contribution in [-0.4, -0.2) is 50.2 Å². The van der Waals surface area contributed by atoms with Gasteiger partial charge < -0.3 is 15.0 Å². The van der Waals surface area contributed by atoms with Crippen molar-refractivity contribution < 1.29 is 9.53 Å². The molecule has 4 fully saturated rings. The zero-order valence-electron chi connectivity index (χ0n) is 18.4. The maximum atomic E-state index is 10.4. The van der Waals surface area contributed by atoms with Crippen LogP contribution in [0, 0.1) is 16.7 Å². The van der Waals surface area contributed by atoms with Gasteiger partial charge in [0.1, 0.15) is 6.10 Å². The van der Waals surface area contributed by atoms with Crippen LogP contribution in [0.1, 0.15) is 85.5 Å². The first-order chi connectivity index (χ1) is 13.1. The van der Waals surface area contributed by atoms with E-state index in [0.717, 1.165) is 18.8 Å². The largest absolute Gasteiger partial charge is 0.465 e. The van der Waals surface area contributed by atoms with E-state index in [1.54, 1.807) is 0 Å². The molecule has 2 saturated heterocycles. The van der Waals surface area contributed by atoms with Gasteiger partial charge in [0.25, 0.3) is 6.47 Å². The number of carbonyl (C=O) groups excluding carboxylic acids is 1. The van der Waals surface area contributed by atoms with E-state index in [2.05, 4.69) is 24.1 Å². The first-order valence-corrected chi connectivity index (χ1v) is 11.6. The zero-order valence-corrected chi connectivity index (χ0v) is 18.4. The molecule has 1 N–H and O–H groups in total. The highest BCUT2D eigenvalue weighted by Crippen LogP contribution is 2.50. The Kier molecular flexibility index (Phi) is 9.07. The van der Waals surface area contributed by atoms with Crippen LogP contribution in [0.4, 0.5) is 0 Å². The third kappa shape index (κ3) is 5.93. The molecule has 0 amide bonds. The maximum absolute atomic E-state index is 10.4. The Morgan fingerprint density at radius 2 is 1.56 bits per heavy atom. The fraction of sp³-hybridized carbons (Fsp3) is 0.957. The van der Waals surface area contributed by atoms with Gasteiger partial charge >= 0.3 is 0 Å². The number of piperidine rings is 1. The molecule has 4 heteroatoms. The predicted molar refractivity (Wildman–Crippen MR) is 113 cm³/mol. The molecule has 2 spiro atoms. The second kappa shape index (κ2) is 10.8. The fourth-order valence-corrected chi connectivity index (χ4v) is 5.37. The van der Waals surface area contributed by atoms with Crippen LogP contribution in [0.25, 0.3) is 0 Å². The molecule has 4 rings (SSSR count). The minimum atomic E-state index is 0.217. The summed E-state index contributed by atoms with van der Waals surface area (Å²) in [6.45, 7) is 15.3. The van der Waals surface area contributed by atoms with E-state index in [1.165, 1.54) is 77.7 Å². The first-order valence-electron chi connectivity index (χ1n) is 11.6. The smallest absolute Gasteiger partial charge is 0.293 e. The predicted octanol–water partition coefficient (Wildman–Crippen LogP) is 4.63. The molecule has 2 heterocycles. The topological polar surface area (TPSA) is 41.6 Å². The number of rotatable bonds is 4. The summed E-state index contributed by atoms with van der Waals surface area (Å²) in [5, 5.41) is 3.46. The molecule has 4 aliphatic rings. The van der Waals surface area contributed by atoms with Gasteiger partial charge in [-0.3, -0.25) is 4.79 Å². The summed E-state index contributed by atoms with van der Waals surface area (Å²) in [5.74, 6) is 0.938. The van der Waals surface area contributed by atoms with Crippen LogP contribution in [0.3, 0.4) is 0 Å². The van der Waals surface area contributed by atoms with E-state index in [0.29, 0.717) is 17.3 Å². The number of nitrogens with one attached hydrogen (secondary N) is 1. The van der Waals surface area contributed by atoms with Crippen molar-refractivity contribution >= 4 is 6.47 Å². The Morgan fingerprint density at radius 3 is 2.00 bits per heavy atom. The third-order valence-corrected chi connectivity index (χ3v) is 7.17. The molecule has 4 nitrogen and oxygen atoms in total. The summed E-state index contributed by atoms with van der Waals surface area (Å²) in [6, 6.07) is 0. The summed E-state index contributed by atoms with van der Waals surface area (Å²) < 4.78 is 5.09. The average molecular weight is 381 g/mol. The van der Waals surface area contributed by atoms with Crippen LogP contribution >= 0.6 is 0 Å². The third-order valence-electron chi connectivity index (χ3n) is 7.17. The Morgan fingerprint density at radius 1 is 1.00 bits per heavy atom. The van der Waals surface area contributed by atoms with Gasteiger partial charge in [-0.25, -0.2) is 0 Å². The number of ether oxygens (including phenoxy) is 1. The standard InChI is InChI=1S/C18H30N2O2.C3H8.C2H6/c21-14-22-16-9-17(10-16)5-7-20(8-6-17)11-15-1-3-18(4-2-15)12-19-13-18;1-3-2;1-2/h14-16,19H,1-13H2;3H2,1-2H3;1-2H3. The van der Waals surface area contributed by atoms with Crippen LogP contribution < -0.4 is 5.32 Å². The van der Waals surface area contributed by atoms with Crippen molar-refractivity contribution in [2.24, 2.45) is 16.7 Å². The molecule has 0 unspecified atom stereocenters. The number of nitrogens with zero attached hydrogens (tertiary/aromatic N) is 1. The molecular formula is C23H44N2O2. The van der Waals surface area contributed by atoms with E-state index in [1.807, 2.05) is 13.8 Å². The van der Waals surface area contributed by atoms with Crippen molar-refractivity contribution in [3.8, 4) is 0 Å². The Labute approximate surface area is 167 Å². The van der Waals surface area contributed by atoms with Gasteiger partial charge in [0.05, 0.1) is 0 Å². The van der Waals surface area contributed by atoms with E-state index < -0.39 is 0 Å². The van der Waals surface area contributed by atoms with E-state index >= 15 is 0 Å². The highest BCUT2D eigenvalue weighted by Gasteiger charge is 2.47. The molecule has 2 aliphatic carbocycles. The molecule has 0 aromatic rings. The monoisotopic (exact) mass is 380 g/mol. The minimum Gasteiger partial charge on any atom is -0.465 e. The molecule has 27 heavy (non-hydrogen) atoms. The Hall–Kier alpha value is -0.610. The van der Waals surface area contributed by atoms with Gasteiger partial charge in [0.15, 0.2) is 0 Å². The second-order valence-corrected chi connectivity index (χ2v) is 9.32. The molecule has 0 atom stereocenters. The van der Waals surface area contributed by atoms with Crippen molar-refractivity contribution in [2.45, 2.75) is 91.6 Å². The molecule has 158 valence electrons. The number of hydrogen-bond acceptors (Lipinski definition) is 4. The van der Waals surface area contributed by atoms with Crippen molar-refractivity contribution in [3.63, 3.8) is 0 Å². The molecule has 0 aromatic carbocycles. The molecule has 2 saturated carbocycles. The van der Waals surface area contributed by atoms with Crippen molar-refractivity contribution in [3.05, 3.63) is 0 Å². The molecule has 0 bridgehead atoms. The lowest BCUT2D eigenvalue weighted by molar-refractivity contribution is -0.149. The minimum absolute atomic E-state index is 0.217. The lowest BCUT2D eigenvalue weighted by atomic mass is 9.61. The summed E-state index contributed by atoms with van der Waals surface area (Å²) >= 11 is 0. The molecular weight excluding hydrogens is 336 g/mol. The van der Waals surface area contributed by atoms with E-state index in [4.69, 9.17) is 4.74 Å². The molecule has 0 radical (unpaired) electrons. The maximum Gasteiger partial charge on any atom is 0.293 e. The van der Waals surface area contributed by atoms with Crippen LogP contribution in [0.15, 0.2) is 0 Å². The molecule has 0 aromatic heterocycles. The SMILES string of the molecule is CC.CCC.O=COC1CC2(CCN(CC3CCC4(CC3)CNC4)CC2)C1. The van der Waals surface area contributed by atoms with Gasteiger partial charge in [-0.2, -0.15) is 0 Å². The van der Waals surface area contributed by atoms with Crippen LogP contribution in [0.2, 0.25) is 0 Å². The van der Waals surface area contributed by atoms with Gasteiger partial charge in [0, 0.05) is 19.6 Å². The second-order valence-electron chi connectivity index (χ2n) is 9.32. The Balaban J connectivity index is 0.000000478. The van der Waals surface area contributed by atoms with Gasteiger partial charge in [-0.05, 0) is 81.2 Å². The number of carbonyl (C=O) groups is 1. The highest BCUT2D eigenvalue weighted by molar-refractivity contribution is 5.37.